The molecule has 1 aliphatic rings. The Morgan fingerprint density at radius 1 is 1.56 bits per heavy atom. The zero-order valence-corrected chi connectivity index (χ0v) is 10.9. The molecule has 88 valence electrons. The Labute approximate surface area is 104 Å². The molecule has 0 saturated heterocycles. The first-order valence-electron chi connectivity index (χ1n) is 5.44. The van der Waals surface area contributed by atoms with E-state index in [1.165, 1.54) is 5.56 Å². The molecule has 1 aliphatic heterocycles. The Hall–Kier alpha value is -0.580. The van der Waals surface area contributed by atoms with E-state index < -0.39 is 0 Å². The second kappa shape index (κ2) is 5.66. The Morgan fingerprint density at radius 2 is 2.44 bits per heavy atom. The second-order valence-corrected chi connectivity index (χ2v) is 4.81. The second-order valence-electron chi connectivity index (χ2n) is 3.89. The molecule has 0 aromatic heterocycles. The number of fused-ring (bicyclic) bond motifs is 1. The van der Waals surface area contributed by atoms with Crippen LogP contribution in [-0.2, 0) is 11.2 Å². The average molecular weight is 286 g/mol. The van der Waals surface area contributed by atoms with Crippen LogP contribution in [0.25, 0.3) is 0 Å². The van der Waals surface area contributed by atoms with E-state index in [1.54, 1.807) is 7.11 Å². The topological polar surface area (TPSA) is 30.5 Å². The Morgan fingerprint density at radius 3 is 3.25 bits per heavy atom. The van der Waals surface area contributed by atoms with Gasteiger partial charge in [0.1, 0.15) is 11.9 Å². The van der Waals surface area contributed by atoms with E-state index in [-0.39, 0.29) is 6.10 Å². The van der Waals surface area contributed by atoms with Gasteiger partial charge in [0.2, 0.25) is 0 Å². The lowest BCUT2D eigenvalue weighted by atomic mass is 10.1. The maximum Gasteiger partial charge on any atom is 0.123 e. The molecule has 0 bridgehead atoms. The number of ether oxygens (including phenoxy) is 2. The summed E-state index contributed by atoms with van der Waals surface area (Å²) in [6.07, 6.45) is 1.23. The van der Waals surface area contributed by atoms with Gasteiger partial charge >= 0.3 is 0 Å². The van der Waals surface area contributed by atoms with Gasteiger partial charge in [-0.1, -0.05) is 15.9 Å². The van der Waals surface area contributed by atoms with E-state index in [1.807, 2.05) is 12.1 Å². The van der Waals surface area contributed by atoms with Gasteiger partial charge in [-0.2, -0.15) is 0 Å². The highest BCUT2D eigenvalue weighted by Crippen LogP contribution is 2.30. The smallest absolute Gasteiger partial charge is 0.123 e. The van der Waals surface area contributed by atoms with Crippen molar-refractivity contribution >= 4 is 15.9 Å². The molecule has 1 heterocycles. The Kier molecular flexibility index (Phi) is 4.21. The highest BCUT2D eigenvalue weighted by molar-refractivity contribution is 9.10. The minimum atomic E-state index is 0.251. The predicted molar refractivity (Wildman–Crippen MR) is 67.0 cm³/mol. The summed E-state index contributed by atoms with van der Waals surface area (Å²) in [6.45, 7) is 2.48. The van der Waals surface area contributed by atoms with Gasteiger partial charge in [0.15, 0.2) is 0 Å². The normalized spacial score (nSPS) is 18.2. The maximum absolute atomic E-state index is 5.82. The molecule has 0 radical (unpaired) electrons. The number of hydrogen-bond acceptors (Lipinski definition) is 3. The fraction of sp³-hybridized carbons (Fsp3) is 0.500. The molecule has 0 aliphatic carbocycles. The van der Waals surface area contributed by atoms with Crippen LogP contribution in [0.3, 0.4) is 0 Å². The van der Waals surface area contributed by atoms with E-state index in [0.29, 0.717) is 0 Å². The lowest BCUT2D eigenvalue weighted by Crippen LogP contribution is -2.32. The number of hydrogen-bond donors (Lipinski definition) is 1. The van der Waals surface area contributed by atoms with Gasteiger partial charge < -0.3 is 14.8 Å². The van der Waals surface area contributed by atoms with E-state index in [2.05, 4.69) is 27.3 Å². The van der Waals surface area contributed by atoms with Crippen LogP contribution in [0.2, 0.25) is 0 Å². The molecule has 1 atom stereocenters. The lowest BCUT2D eigenvalue weighted by Gasteiger charge is -2.11. The quantitative estimate of drug-likeness (QED) is 0.840. The summed E-state index contributed by atoms with van der Waals surface area (Å²) >= 11 is 3.47. The van der Waals surface area contributed by atoms with Crippen LogP contribution in [0.1, 0.15) is 5.56 Å². The SMILES string of the molecule is COCCNCC1Cc2cc(Br)ccc2O1. The third-order valence-corrected chi connectivity index (χ3v) is 3.11. The molecule has 1 aromatic rings. The van der Waals surface area contributed by atoms with E-state index in [9.17, 15) is 0 Å². The molecule has 0 spiro atoms. The molecule has 4 heteroatoms. The Balaban J connectivity index is 1.81. The minimum Gasteiger partial charge on any atom is -0.488 e. The fourth-order valence-electron chi connectivity index (χ4n) is 1.84. The van der Waals surface area contributed by atoms with Crippen LogP contribution in [0.4, 0.5) is 0 Å². The number of rotatable bonds is 5. The van der Waals surface area contributed by atoms with Crippen LogP contribution in [-0.4, -0.2) is 32.9 Å². The van der Waals surface area contributed by atoms with Gasteiger partial charge in [-0.15, -0.1) is 0 Å². The summed E-state index contributed by atoms with van der Waals surface area (Å²) in [5.41, 5.74) is 1.29. The molecule has 1 aromatic carbocycles. The summed E-state index contributed by atoms with van der Waals surface area (Å²) < 4.78 is 11.9. The summed E-state index contributed by atoms with van der Waals surface area (Å²) in [5.74, 6) is 1.02. The molecular formula is C12H16BrNO2. The van der Waals surface area contributed by atoms with Crippen LogP contribution < -0.4 is 10.1 Å². The molecule has 1 unspecified atom stereocenters. The van der Waals surface area contributed by atoms with E-state index in [0.717, 1.165) is 36.3 Å². The van der Waals surface area contributed by atoms with Crippen molar-refractivity contribution in [1.82, 2.24) is 5.32 Å². The molecule has 0 fully saturated rings. The van der Waals surface area contributed by atoms with Gasteiger partial charge in [-0.05, 0) is 23.8 Å². The Bertz CT molecular complexity index is 357. The number of methoxy groups -OCH3 is 1. The first kappa shape index (κ1) is 11.9. The summed E-state index contributed by atoms with van der Waals surface area (Å²) in [6, 6.07) is 6.17. The van der Waals surface area contributed by atoms with E-state index >= 15 is 0 Å². The monoisotopic (exact) mass is 285 g/mol. The third-order valence-electron chi connectivity index (χ3n) is 2.62. The summed E-state index contributed by atoms with van der Waals surface area (Å²) in [7, 11) is 1.71. The van der Waals surface area contributed by atoms with Crippen LogP contribution >= 0.6 is 15.9 Å². The largest absolute Gasteiger partial charge is 0.488 e. The van der Waals surface area contributed by atoms with Gasteiger partial charge in [0.05, 0.1) is 6.61 Å². The van der Waals surface area contributed by atoms with Gasteiger partial charge in [0.25, 0.3) is 0 Å². The maximum atomic E-state index is 5.82. The van der Waals surface area contributed by atoms with Crippen LogP contribution in [0.15, 0.2) is 22.7 Å². The molecule has 16 heavy (non-hydrogen) atoms. The third kappa shape index (κ3) is 2.97. The lowest BCUT2D eigenvalue weighted by molar-refractivity contribution is 0.186. The standard InChI is InChI=1S/C12H16BrNO2/c1-15-5-4-14-8-11-7-9-6-10(13)2-3-12(9)16-11/h2-3,6,11,14H,4-5,7-8H2,1H3. The summed E-state index contributed by atoms with van der Waals surface area (Å²) in [5, 5.41) is 3.32. The van der Waals surface area contributed by atoms with Gasteiger partial charge in [-0.25, -0.2) is 0 Å². The average Bonchev–Trinajstić information content (AvgIpc) is 2.66. The molecule has 2 rings (SSSR count). The molecule has 1 N–H and O–H groups in total. The molecular weight excluding hydrogens is 270 g/mol. The predicted octanol–water partition coefficient (Wildman–Crippen LogP) is 1.99. The highest BCUT2D eigenvalue weighted by atomic mass is 79.9. The van der Waals surface area contributed by atoms with Crippen molar-refractivity contribution in [3.8, 4) is 5.75 Å². The first-order valence-corrected chi connectivity index (χ1v) is 6.23. The van der Waals surface area contributed by atoms with Crippen molar-refractivity contribution in [1.29, 1.82) is 0 Å². The molecule has 0 amide bonds. The van der Waals surface area contributed by atoms with E-state index in [4.69, 9.17) is 9.47 Å². The number of halogens is 1. The zero-order valence-electron chi connectivity index (χ0n) is 9.33. The summed E-state index contributed by atoms with van der Waals surface area (Å²) in [4.78, 5) is 0. The highest BCUT2D eigenvalue weighted by Gasteiger charge is 2.22. The zero-order chi connectivity index (χ0) is 11.4. The molecule has 3 nitrogen and oxygen atoms in total. The van der Waals surface area contributed by atoms with Gasteiger partial charge in [0, 0.05) is 31.1 Å². The van der Waals surface area contributed by atoms with Crippen molar-refractivity contribution in [2.45, 2.75) is 12.5 Å². The van der Waals surface area contributed by atoms with Crippen molar-refractivity contribution in [2.24, 2.45) is 0 Å². The first-order chi connectivity index (χ1) is 7.79. The van der Waals surface area contributed by atoms with Crippen molar-refractivity contribution in [2.75, 3.05) is 26.8 Å². The van der Waals surface area contributed by atoms with Gasteiger partial charge in [-0.3, -0.25) is 0 Å². The van der Waals surface area contributed by atoms with Crippen molar-refractivity contribution in [3.05, 3.63) is 28.2 Å². The fourth-order valence-corrected chi connectivity index (χ4v) is 2.25. The van der Waals surface area contributed by atoms with Crippen LogP contribution in [0, 0.1) is 0 Å². The number of nitrogens with one attached hydrogen (secondary N) is 1. The van der Waals surface area contributed by atoms with Crippen LogP contribution in [0.5, 0.6) is 5.75 Å². The molecule has 0 saturated carbocycles. The van der Waals surface area contributed by atoms with Crippen molar-refractivity contribution in [3.63, 3.8) is 0 Å². The number of benzene rings is 1. The van der Waals surface area contributed by atoms with Crippen molar-refractivity contribution < 1.29 is 9.47 Å². The minimum absolute atomic E-state index is 0.251.